The van der Waals surface area contributed by atoms with Crippen molar-refractivity contribution < 1.29 is 9.47 Å². The number of ether oxygens (including phenoxy) is 2. The molecule has 7 heteroatoms. The van der Waals surface area contributed by atoms with Crippen LogP contribution >= 0.6 is 0 Å². The van der Waals surface area contributed by atoms with Gasteiger partial charge in [0.05, 0.1) is 19.3 Å². The Morgan fingerprint density at radius 1 is 1.45 bits per heavy atom. The average Bonchev–Trinajstić information content (AvgIpc) is 2.77. The molecule has 7 nitrogen and oxygen atoms in total. The Balaban J connectivity index is 1.53. The lowest BCUT2D eigenvalue weighted by Gasteiger charge is -2.27. The third-order valence-electron chi connectivity index (χ3n) is 4.20. The molecule has 22 heavy (non-hydrogen) atoms. The van der Waals surface area contributed by atoms with Gasteiger partial charge in [0.2, 0.25) is 0 Å². The molecule has 2 aliphatic rings. The molecule has 0 unspecified atom stereocenters. The van der Waals surface area contributed by atoms with E-state index < -0.39 is 0 Å². The van der Waals surface area contributed by atoms with Gasteiger partial charge < -0.3 is 25.0 Å². The molecule has 0 bridgehead atoms. The van der Waals surface area contributed by atoms with Gasteiger partial charge in [0, 0.05) is 39.8 Å². The smallest absolute Gasteiger partial charge is 0.133 e. The van der Waals surface area contributed by atoms with Crippen molar-refractivity contribution >= 4 is 11.6 Å². The summed E-state index contributed by atoms with van der Waals surface area (Å²) in [6.07, 6.45) is 3.86. The van der Waals surface area contributed by atoms with Gasteiger partial charge in [0.15, 0.2) is 0 Å². The van der Waals surface area contributed by atoms with Crippen LogP contribution in [0.5, 0.6) is 0 Å². The van der Waals surface area contributed by atoms with E-state index in [0.29, 0.717) is 6.61 Å². The van der Waals surface area contributed by atoms with Gasteiger partial charge in [-0.05, 0) is 12.8 Å². The molecule has 3 heterocycles. The largest absolute Gasteiger partial charge is 0.377 e. The van der Waals surface area contributed by atoms with E-state index in [2.05, 4.69) is 20.6 Å². The van der Waals surface area contributed by atoms with Crippen LogP contribution in [0.25, 0.3) is 0 Å². The van der Waals surface area contributed by atoms with E-state index in [-0.39, 0.29) is 11.7 Å². The second-order valence-corrected chi connectivity index (χ2v) is 6.23. The molecule has 2 aliphatic heterocycles. The molecular formula is C15H25N5O2. The van der Waals surface area contributed by atoms with Crippen molar-refractivity contribution in [3.8, 4) is 0 Å². The van der Waals surface area contributed by atoms with E-state index in [1.807, 2.05) is 25.1 Å². The van der Waals surface area contributed by atoms with Gasteiger partial charge in [-0.3, -0.25) is 0 Å². The molecule has 2 saturated heterocycles. The van der Waals surface area contributed by atoms with Gasteiger partial charge in [-0.25, -0.2) is 9.97 Å². The zero-order valence-electron chi connectivity index (χ0n) is 13.3. The Morgan fingerprint density at radius 3 is 3.23 bits per heavy atom. The van der Waals surface area contributed by atoms with Crippen molar-refractivity contribution in [2.45, 2.75) is 24.5 Å². The van der Waals surface area contributed by atoms with Crippen molar-refractivity contribution in [1.29, 1.82) is 0 Å². The molecule has 0 aromatic carbocycles. The van der Waals surface area contributed by atoms with Crippen LogP contribution in [-0.2, 0) is 9.47 Å². The molecule has 2 atom stereocenters. The Morgan fingerprint density at radius 2 is 2.36 bits per heavy atom. The van der Waals surface area contributed by atoms with Crippen LogP contribution in [0.2, 0.25) is 0 Å². The highest BCUT2D eigenvalue weighted by Crippen LogP contribution is 2.31. The summed E-state index contributed by atoms with van der Waals surface area (Å²) in [7, 11) is 3.93. The predicted molar refractivity (Wildman–Crippen MR) is 85.4 cm³/mol. The first-order chi connectivity index (χ1) is 10.7. The van der Waals surface area contributed by atoms with Crippen molar-refractivity contribution in [2.24, 2.45) is 0 Å². The summed E-state index contributed by atoms with van der Waals surface area (Å²) in [5.41, 5.74) is -0.149. The summed E-state index contributed by atoms with van der Waals surface area (Å²) in [5, 5.41) is 6.75. The zero-order chi connectivity index (χ0) is 15.4. The van der Waals surface area contributed by atoms with E-state index >= 15 is 0 Å². The van der Waals surface area contributed by atoms with Crippen molar-refractivity contribution in [3.05, 3.63) is 12.4 Å². The van der Waals surface area contributed by atoms with Crippen LogP contribution in [-0.4, -0.2) is 68.6 Å². The summed E-state index contributed by atoms with van der Waals surface area (Å²) in [6, 6.07) is 1.95. The maximum Gasteiger partial charge on any atom is 0.133 e. The zero-order valence-corrected chi connectivity index (χ0v) is 13.3. The molecule has 3 rings (SSSR count). The second-order valence-electron chi connectivity index (χ2n) is 6.23. The lowest BCUT2D eigenvalue weighted by atomic mass is 10.0. The van der Waals surface area contributed by atoms with Gasteiger partial charge in [0.25, 0.3) is 0 Å². The van der Waals surface area contributed by atoms with Gasteiger partial charge in [0.1, 0.15) is 23.6 Å². The predicted octanol–water partition coefficient (Wildman–Crippen LogP) is 0.492. The molecule has 1 aromatic heterocycles. The van der Waals surface area contributed by atoms with Gasteiger partial charge >= 0.3 is 0 Å². The normalized spacial score (nSPS) is 28.5. The van der Waals surface area contributed by atoms with Crippen molar-refractivity contribution in [3.63, 3.8) is 0 Å². The van der Waals surface area contributed by atoms with Crippen LogP contribution in [0.3, 0.4) is 0 Å². The number of hydrogen-bond donors (Lipinski definition) is 2. The Hall–Kier alpha value is -1.44. The Labute approximate surface area is 131 Å². The standard InChI is InChI=1S/C15H25N5O2/c1-20(2)14-7-13(18-11-19-14)17-8-12-3-4-15(22-12)9-16-5-6-21-10-15/h7,11-12,16H,3-6,8-10H2,1-2H3,(H,17,18,19)/t12-,15+/m0/s1. The van der Waals surface area contributed by atoms with E-state index in [9.17, 15) is 0 Å². The number of anilines is 2. The quantitative estimate of drug-likeness (QED) is 0.839. The lowest BCUT2D eigenvalue weighted by molar-refractivity contribution is -0.0740. The topological polar surface area (TPSA) is 71.5 Å². The van der Waals surface area contributed by atoms with Crippen LogP contribution in [0.1, 0.15) is 12.8 Å². The van der Waals surface area contributed by atoms with Crippen LogP contribution in [0.4, 0.5) is 11.6 Å². The fraction of sp³-hybridized carbons (Fsp3) is 0.733. The lowest BCUT2D eigenvalue weighted by Crippen LogP contribution is -2.43. The fourth-order valence-electron chi connectivity index (χ4n) is 2.95. The molecule has 0 amide bonds. The van der Waals surface area contributed by atoms with Crippen LogP contribution in [0.15, 0.2) is 12.4 Å². The van der Waals surface area contributed by atoms with Crippen LogP contribution < -0.4 is 15.5 Å². The van der Waals surface area contributed by atoms with Crippen molar-refractivity contribution in [2.75, 3.05) is 57.2 Å². The summed E-state index contributed by atoms with van der Waals surface area (Å²) < 4.78 is 11.9. The summed E-state index contributed by atoms with van der Waals surface area (Å²) in [6.45, 7) is 3.99. The minimum atomic E-state index is -0.149. The molecular weight excluding hydrogens is 282 g/mol. The van der Waals surface area contributed by atoms with E-state index in [0.717, 1.165) is 50.7 Å². The Bertz CT molecular complexity index is 489. The molecule has 2 fully saturated rings. The SMILES string of the molecule is CN(C)c1cc(NC[C@@H]2CC[C@]3(CNCCOC3)O2)ncn1. The molecule has 0 aliphatic carbocycles. The highest BCUT2D eigenvalue weighted by atomic mass is 16.6. The van der Waals surface area contributed by atoms with Crippen LogP contribution in [0, 0.1) is 0 Å². The first kappa shape index (κ1) is 15.5. The van der Waals surface area contributed by atoms with E-state index in [4.69, 9.17) is 9.47 Å². The fourth-order valence-corrected chi connectivity index (χ4v) is 2.95. The minimum Gasteiger partial charge on any atom is -0.377 e. The summed E-state index contributed by atoms with van der Waals surface area (Å²) in [5.74, 6) is 1.72. The third kappa shape index (κ3) is 3.66. The van der Waals surface area contributed by atoms with Gasteiger partial charge in [-0.1, -0.05) is 0 Å². The second kappa shape index (κ2) is 6.76. The number of aromatic nitrogens is 2. The number of nitrogens with one attached hydrogen (secondary N) is 2. The molecule has 0 radical (unpaired) electrons. The monoisotopic (exact) mass is 307 g/mol. The maximum absolute atomic E-state index is 6.27. The highest BCUT2D eigenvalue weighted by Gasteiger charge is 2.40. The maximum atomic E-state index is 6.27. The number of rotatable bonds is 4. The molecule has 122 valence electrons. The minimum absolute atomic E-state index is 0.149. The molecule has 0 saturated carbocycles. The Kier molecular flexibility index (Phi) is 4.75. The molecule has 2 N–H and O–H groups in total. The van der Waals surface area contributed by atoms with E-state index in [1.54, 1.807) is 6.33 Å². The highest BCUT2D eigenvalue weighted by molar-refractivity contribution is 5.47. The average molecular weight is 307 g/mol. The number of hydrogen-bond acceptors (Lipinski definition) is 7. The van der Waals surface area contributed by atoms with Gasteiger partial charge in [-0.15, -0.1) is 0 Å². The summed E-state index contributed by atoms with van der Waals surface area (Å²) >= 11 is 0. The van der Waals surface area contributed by atoms with Crippen molar-refractivity contribution in [1.82, 2.24) is 15.3 Å². The first-order valence-electron chi connectivity index (χ1n) is 7.86. The summed E-state index contributed by atoms with van der Waals surface area (Å²) in [4.78, 5) is 10.4. The van der Waals surface area contributed by atoms with E-state index in [1.165, 1.54) is 0 Å². The first-order valence-corrected chi connectivity index (χ1v) is 7.86. The molecule has 1 spiro atoms. The third-order valence-corrected chi connectivity index (χ3v) is 4.20. The molecule has 1 aromatic rings. The van der Waals surface area contributed by atoms with Gasteiger partial charge in [-0.2, -0.15) is 0 Å². The number of nitrogens with zero attached hydrogens (tertiary/aromatic N) is 3.